The van der Waals surface area contributed by atoms with Crippen molar-refractivity contribution in [2.24, 2.45) is 10.2 Å². The Hall–Kier alpha value is -3.39. The third-order valence-electron chi connectivity index (χ3n) is 5.52. The predicted octanol–water partition coefficient (Wildman–Crippen LogP) is 4.45. The van der Waals surface area contributed by atoms with Gasteiger partial charge in [-0.3, -0.25) is 14.4 Å². The van der Waals surface area contributed by atoms with Gasteiger partial charge >= 0.3 is 0 Å². The van der Waals surface area contributed by atoms with Gasteiger partial charge in [0.05, 0.1) is 5.69 Å². The van der Waals surface area contributed by atoms with Crippen LogP contribution in [0.1, 0.15) is 48.7 Å². The van der Waals surface area contributed by atoms with Gasteiger partial charge in [-0.25, -0.2) is 0 Å². The van der Waals surface area contributed by atoms with Crippen LogP contribution in [0.2, 0.25) is 0 Å². The second-order valence-electron chi connectivity index (χ2n) is 8.22. The Morgan fingerprint density at radius 1 is 1.00 bits per heavy atom. The molecule has 1 unspecified atom stereocenters. The lowest BCUT2D eigenvalue weighted by atomic mass is 10.1. The zero-order valence-corrected chi connectivity index (χ0v) is 20.7. The van der Waals surface area contributed by atoms with Gasteiger partial charge in [-0.2, -0.15) is 10.2 Å². The van der Waals surface area contributed by atoms with E-state index in [1.165, 1.54) is 6.92 Å². The van der Waals surface area contributed by atoms with Crippen LogP contribution in [0.5, 0.6) is 0 Å². The number of aryl methyl sites for hydroxylation is 2. The molecule has 2 aromatic rings. The number of anilines is 1. The van der Waals surface area contributed by atoms with Gasteiger partial charge in [0.1, 0.15) is 0 Å². The van der Waals surface area contributed by atoms with Crippen molar-refractivity contribution in [2.45, 2.75) is 47.1 Å². The number of nitrogens with one attached hydrogen (secondary N) is 2. The van der Waals surface area contributed by atoms with Gasteiger partial charge in [0.2, 0.25) is 6.04 Å². The number of amides is 2. The van der Waals surface area contributed by atoms with E-state index in [2.05, 4.69) is 39.6 Å². The third kappa shape index (κ3) is 8.19. The molecule has 8 nitrogen and oxygen atoms in total. The number of rotatable bonds is 12. The second-order valence-corrected chi connectivity index (χ2v) is 8.22. The summed E-state index contributed by atoms with van der Waals surface area (Å²) in [5.74, 6) is -1.10. The van der Waals surface area contributed by atoms with E-state index in [1.807, 2.05) is 26.0 Å². The first-order valence-electron chi connectivity index (χ1n) is 11.6. The molecule has 0 aliphatic carbocycles. The van der Waals surface area contributed by atoms with Crippen molar-refractivity contribution in [3.8, 4) is 0 Å². The Bertz CT molecular complexity index is 1010. The van der Waals surface area contributed by atoms with Crippen LogP contribution in [0.4, 0.5) is 11.4 Å². The summed E-state index contributed by atoms with van der Waals surface area (Å²) in [4.78, 5) is 39.3. The summed E-state index contributed by atoms with van der Waals surface area (Å²) in [6.07, 6.45) is 0.885. The van der Waals surface area contributed by atoms with E-state index in [-0.39, 0.29) is 5.91 Å². The fraction of sp³-hybridized carbons (Fsp3) is 0.423. The van der Waals surface area contributed by atoms with E-state index >= 15 is 0 Å². The molecule has 2 rings (SSSR count). The average molecular weight is 466 g/mol. The first-order valence-corrected chi connectivity index (χ1v) is 11.6. The highest BCUT2D eigenvalue weighted by Crippen LogP contribution is 2.18. The highest BCUT2D eigenvalue weighted by Gasteiger charge is 2.23. The molecule has 0 aliphatic heterocycles. The van der Waals surface area contributed by atoms with Gasteiger partial charge in [0.15, 0.2) is 5.78 Å². The summed E-state index contributed by atoms with van der Waals surface area (Å²) in [7, 11) is 0. The molecule has 34 heavy (non-hydrogen) atoms. The first-order chi connectivity index (χ1) is 16.2. The highest BCUT2D eigenvalue weighted by molar-refractivity contribution is 6.10. The fourth-order valence-electron chi connectivity index (χ4n) is 3.42. The van der Waals surface area contributed by atoms with Gasteiger partial charge in [-0.15, -0.1) is 0 Å². The lowest BCUT2D eigenvalue weighted by Crippen LogP contribution is -2.32. The van der Waals surface area contributed by atoms with Crippen molar-refractivity contribution in [3.63, 3.8) is 0 Å². The number of nitrogens with zero attached hydrogens (tertiary/aromatic N) is 3. The molecule has 0 fully saturated rings. The van der Waals surface area contributed by atoms with Crippen LogP contribution >= 0.6 is 0 Å². The van der Waals surface area contributed by atoms with Gasteiger partial charge in [-0.05, 0) is 82.7 Å². The van der Waals surface area contributed by atoms with Crippen molar-refractivity contribution in [3.05, 3.63) is 59.2 Å². The van der Waals surface area contributed by atoms with Crippen LogP contribution in [-0.2, 0) is 9.59 Å². The summed E-state index contributed by atoms with van der Waals surface area (Å²) in [6.45, 7) is 12.9. The maximum atomic E-state index is 12.6. The molecule has 0 bridgehead atoms. The molecule has 2 aromatic carbocycles. The number of ketones is 1. The molecule has 182 valence electrons. The zero-order valence-electron chi connectivity index (χ0n) is 20.7. The average Bonchev–Trinajstić information content (AvgIpc) is 2.81. The van der Waals surface area contributed by atoms with E-state index < -0.39 is 17.7 Å². The fourth-order valence-corrected chi connectivity index (χ4v) is 3.42. The van der Waals surface area contributed by atoms with Crippen LogP contribution < -0.4 is 10.6 Å². The van der Waals surface area contributed by atoms with E-state index in [4.69, 9.17) is 0 Å². The Kier molecular flexibility index (Phi) is 10.5. The van der Waals surface area contributed by atoms with Crippen LogP contribution in [0.3, 0.4) is 0 Å². The molecule has 1 atom stereocenters. The number of carbonyl (C=O) groups excluding carboxylic acids is 3. The molecule has 0 spiro atoms. The maximum absolute atomic E-state index is 12.6. The topological polar surface area (TPSA) is 103 Å². The summed E-state index contributed by atoms with van der Waals surface area (Å²) in [6, 6.07) is 10.9. The lowest BCUT2D eigenvalue weighted by molar-refractivity contribution is -0.126. The van der Waals surface area contributed by atoms with Gasteiger partial charge < -0.3 is 15.5 Å². The molecule has 0 aromatic heterocycles. The Labute approximate surface area is 201 Å². The minimum atomic E-state index is -1.26. The van der Waals surface area contributed by atoms with Crippen molar-refractivity contribution >= 4 is 29.0 Å². The molecule has 0 heterocycles. The molecule has 0 saturated carbocycles. The summed E-state index contributed by atoms with van der Waals surface area (Å²) in [5.41, 5.74) is 3.57. The van der Waals surface area contributed by atoms with Crippen molar-refractivity contribution < 1.29 is 14.4 Å². The minimum absolute atomic E-state index is 0.155. The van der Waals surface area contributed by atoms with E-state index in [0.717, 1.165) is 37.2 Å². The van der Waals surface area contributed by atoms with Gasteiger partial charge in [0, 0.05) is 17.8 Å². The highest BCUT2D eigenvalue weighted by atomic mass is 16.2. The van der Waals surface area contributed by atoms with Crippen molar-refractivity contribution in [1.29, 1.82) is 0 Å². The second kappa shape index (κ2) is 13.3. The normalized spacial score (nSPS) is 12.1. The van der Waals surface area contributed by atoms with E-state index in [0.29, 0.717) is 23.5 Å². The Balaban J connectivity index is 1.95. The summed E-state index contributed by atoms with van der Waals surface area (Å²) < 4.78 is 0. The molecule has 0 aliphatic rings. The largest absolute Gasteiger partial charge is 0.352 e. The van der Waals surface area contributed by atoms with Crippen LogP contribution in [-0.4, -0.2) is 54.7 Å². The number of Topliss-reactive ketones (excluding diaryl/α,β-unsaturated/α-hetero) is 1. The summed E-state index contributed by atoms with van der Waals surface area (Å²) in [5, 5.41) is 13.7. The zero-order chi connectivity index (χ0) is 25.1. The molecule has 0 saturated heterocycles. The molecule has 8 heteroatoms. The predicted molar refractivity (Wildman–Crippen MR) is 135 cm³/mol. The molecular weight excluding hydrogens is 430 g/mol. The molecule has 2 N–H and O–H groups in total. The number of carbonyl (C=O) groups is 3. The van der Waals surface area contributed by atoms with Crippen LogP contribution in [0.15, 0.2) is 52.7 Å². The van der Waals surface area contributed by atoms with E-state index in [1.54, 1.807) is 30.3 Å². The first kappa shape index (κ1) is 26.9. The molecule has 2 amide bonds. The number of benzene rings is 2. The van der Waals surface area contributed by atoms with Crippen LogP contribution in [0.25, 0.3) is 0 Å². The monoisotopic (exact) mass is 465 g/mol. The molecule has 0 radical (unpaired) electrons. The number of azo groups is 1. The SMILES string of the molecule is CCN(CC)CCCNC(=O)c1ccc(N=NC(C(C)=O)C(=O)Nc2ccc(C)cc2C)cc1. The number of hydrogen-bond acceptors (Lipinski definition) is 6. The maximum Gasteiger partial charge on any atom is 0.258 e. The van der Waals surface area contributed by atoms with Crippen molar-refractivity contribution in [1.82, 2.24) is 10.2 Å². The number of hydrogen-bond donors (Lipinski definition) is 2. The lowest BCUT2D eigenvalue weighted by Gasteiger charge is -2.17. The standard InChI is InChI=1S/C26H35N5O3/c1-6-31(7-2)16-8-15-27-25(33)21-10-12-22(13-11-21)29-30-24(20(5)32)26(34)28-23-14-9-18(3)17-19(23)4/h9-14,17,24H,6-8,15-16H2,1-5H3,(H,27,33)(H,28,34). The molecular formula is C26H35N5O3. The summed E-state index contributed by atoms with van der Waals surface area (Å²) >= 11 is 0. The van der Waals surface area contributed by atoms with Crippen molar-refractivity contribution in [2.75, 3.05) is 31.5 Å². The Morgan fingerprint density at radius 3 is 2.26 bits per heavy atom. The third-order valence-corrected chi connectivity index (χ3v) is 5.52. The smallest absolute Gasteiger partial charge is 0.258 e. The minimum Gasteiger partial charge on any atom is -0.352 e. The van der Waals surface area contributed by atoms with Gasteiger partial charge in [0.25, 0.3) is 11.8 Å². The van der Waals surface area contributed by atoms with Crippen LogP contribution in [0, 0.1) is 13.8 Å². The quantitative estimate of drug-likeness (QED) is 0.275. The van der Waals surface area contributed by atoms with E-state index in [9.17, 15) is 14.4 Å². The Morgan fingerprint density at radius 2 is 1.68 bits per heavy atom. The van der Waals surface area contributed by atoms with Gasteiger partial charge in [-0.1, -0.05) is 31.5 Å².